The van der Waals surface area contributed by atoms with Crippen molar-refractivity contribution in [3.63, 3.8) is 0 Å². The van der Waals surface area contributed by atoms with Gasteiger partial charge in [-0.1, -0.05) is 6.92 Å². The van der Waals surface area contributed by atoms with Crippen molar-refractivity contribution in [3.8, 4) is 0 Å². The largest absolute Gasteiger partial charge is 0.462 e. The van der Waals surface area contributed by atoms with Crippen molar-refractivity contribution in [2.75, 3.05) is 18.5 Å². The van der Waals surface area contributed by atoms with Crippen LogP contribution in [0.3, 0.4) is 0 Å². The maximum absolute atomic E-state index is 12.0. The number of H-pyrrole nitrogens is 1. The minimum atomic E-state index is -0.435. The molecule has 0 unspecified atom stereocenters. The number of rotatable bonds is 8. The van der Waals surface area contributed by atoms with E-state index in [9.17, 15) is 9.59 Å². The second-order valence-corrected chi connectivity index (χ2v) is 5.74. The molecule has 0 saturated heterocycles. The number of amides is 1. The molecule has 0 bridgehead atoms. The van der Waals surface area contributed by atoms with Crippen LogP contribution in [-0.4, -0.2) is 35.1 Å². The van der Waals surface area contributed by atoms with Crippen LogP contribution in [0.2, 0.25) is 0 Å². The highest BCUT2D eigenvalue weighted by atomic mass is 32.1. The maximum Gasteiger partial charge on any atom is 0.341 e. The molecule has 0 aliphatic rings. The van der Waals surface area contributed by atoms with Crippen molar-refractivity contribution in [2.24, 2.45) is 0 Å². The van der Waals surface area contributed by atoms with E-state index in [0.717, 1.165) is 11.3 Å². The molecule has 0 radical (unpaired) electrons. The molecule has 2 N–H and O–H groups in total. The van der Waals surface area contributed by atoms with Gasteiger partial charge in [-0.2, -0.15) is 0 Å². The molecule has 0 aromatic carbocycles. The highest BCUT2D eigenvalue weighted by Gasteiger charge is 2.18. The van der Waals surface area contributed by atoms with Gasteiger partial charge in [-0.05, 0) is 19.4 Å². The predicted molar refractivity (Wildman–Crippen MR) is 86.5 cm³/mol. The van der Waals surface area contributed by atoms with Gasteiger partial charge in [0.1, 0.15) is 24.0 Å². The van der Waals surface area contributed by atoms with Crippen molar-refractivity contribution >= 4 is 28.2 Å². The normalized spacial score (nSPS) is 10.5. The molecule has 0 atom stereocenters. The lowest BCUT2D eigenvalue weighted by molar-refractivity contribution is -0.121. The maximum atomic E-state index is 12.0. The third-order valence-electron chi connectivity index (χ3n) is 2.91. The van der Waals surface area contributed by atoms with E-state index in [1.807, 2.05) is 6.92 Å². The minimum absolute atomic E-state index is 0.123. The van der Waals surface area contributed by atoms with Crippen molar-refractivity contribution < 1.29 is 19.1 Å². The van der Waals surface area contributed by atoms with Crippen LogP contribution in [0.5, 0.6) is 0 Å². The van der Waals surface area contributed by atoms with E-state index in [-0.39, 0.29) is 25.7 Å². The number of aryl methyl sites for hydroxylation is 1. The Morgan fingerprint density at radius 3 is 2.87 bits per heavy atom. The van der Waals surface area contributed by atoms with E-state index in [1.165, 1.54) is 11.3 Å². The first kappa shape index (κ1) is 17.2. The summed E-state index contributed by atoms with van der Waals surface area (Å²) in [6.45, 7) is 4.11. The number of hydrogen-bond acceptors (Lipinski definition) is 6. The lowest BCUT2D eigenvalue weighted by Gasteiger charge is -2.06. The Hall–Kier alpha value is -2.19. The number of carbonyl (C=O) groups is 2. The Kier molecular flexibility index (Phi) is 6.30. The van der Waals surface area contributed by atoms with Crippen LogP contribution in [0.25, 0.3) is 0 Å². The number of nitrogens with zero attached hydrogens (tertiary/aromatic N) is 1. The SMILES string of the molecule is CCOC(=O)c1cc(CC)sc1NC(=O)COCc1ncc[nH]1. The lowest BCUT2D eigenvalue weighted by Crippen LogP contribution is -2.19. The Morgan fingerprint density at radius 1 is 1.39 bits per heavy atom. The number of nitrogens with one attached hydrogen (secondary N) is 2. The summed E-state index contributed by atoms with van der Waals surface area (Å²) in [5.74, 6) is -0.115. The van der Waals surface area contributed by atoms with Gasteiger partial charge >= 0.3 is 5.97 Å². The van der Waals surface area contributed by atoms with Gasteiger partial charge in [0, 0.05) is 17.3 Å². The van der Waals surface area contributed by atoms with E-state index in [2.05, 4.69) is 15.3 Å². The summed E-state index contributed by atoms with van der Waals surface area (Å²) in [6.07, 6.45) is 4.08. The molecule has 2 aromatic heterocycles. The number of carbonyl (C=O) groups excluding carboxylic acids is 2. The fourth-order valence-electron chi connectivity index (χ4n) is 1.85. The number of aromatic amines is 1. The average Bonchev–Trinajstić information content (AvgIpc) is 3.17. The van der Waals surface area contributed by atoms with Crippen molar-refractivity contribution in [3.05, 3.63) is 34.7 Å². The first-order chi connectivity index (χ1) is 11.1. The summed E-state index contributed by atoms with van der Waals surface area (Å²) < 4.78 is 10.3. The van der Waals surface area contributed by atoms with Crippen LogP contribution >= 0.6 is 11.3 Å². The molecule has 23 heavy (non-hydrogen) atoms. The molecule has 2 aromatic rings. The standard InChI is InChI=1S/C15H19N3O4S/c1-3-10-7-11(15(20)22-4-2)14(23-10)18-13(19)9-21-8-12-16-5-6-17-12/h5-7H,3-4,8-9H2,1-2H3,(H,16,17)(H,18,19). The summed E-state index contributed by atoms with van der Waals surface area (Å²) in [5.41, 5.74) is 0.382. The quantitative estimate of drug-likeness (QED) is 0.721. The molecule has 0 saturated carbocycles. The van der Waals surface area contributed by atoms with Gasteiger partial charge in [0.05, 0.1) is 12.2 Å². The molecule has 2 heterocycles. The van der Waals surface area contributed by atoms with Crippen LogP contribution in [-0.2, 0) is 27.3 Å². The second-order valence-electron chi connectivity index (χ2n) is 4.61. The van der Waals surface area contributed by atoms with E-state index >= 15 is 0 Å². The molecule has 2 rings (SSSR count). The molecule has 8 heteroatoms. The van der Waals surface area contributed by atoms with Gasteiger partial charge in [0.15, 0.2) is 0 Å². The van der Waals surface area contributed by atoms with E-state index in [4.69, 9.17) is 9.47 Å². The summed E-state index contributed by atoms with van der Waals surface area (Å²) in [4.78, 5) is 31.8. The van der Waals surface area contributed by atoms with Gasteiger partial charge in [-0.25, -0.2) is 9.78 Å². The molecule has 124 valence electrons. The van der Waals surface area contributed by atoms with Gasteiger partial charge in [-0.15, -0.1) is 11.3 Å². The number of thiophene rings is 1. The third-order valence-corrected chi connectivity index (χ3v) is 4.10. The smallest absolute Gasteiger partial charge is 0.341 e. The Morgan fingerprint density at radius 2 is 2.22 bits per heavy atom. The Labute approximate surface area is 138 Å². The zero-order chi connectivity index (χ0) is 16.7. The van der Waals surface area contributed by atoms with Gasteiger partial charge < -0.3 is 19.8 Å². The fraction of sp³-hybridized carbons (Fsp3) is 0.400. The summed E-state index contributed by atoms with van der Waals surface area (Å²) in [7, 11) is 0. The Bertz CT molecular complexity index is 652. The predicted octanol–water partition coefficient (Wildman–Crippen LogP) is 2.37. The highest BCUT2D eigenvalue weighted by Crippen LogP contribution is 2.29. The second kappa shape index (κ2) is 8.44. The van der Waals surface area contributed by atoms with Gasteiger partial charge in [0.25, 0.3) is 5.91 Å². The van der Waals surface area contributed by atoms with Gasteiger partial charge in [-0.3, -0.25) is 4.79 Å². The molecule has 0 spiro atoms. The number of hydrogen-bond donors (Lipinski definition) is 2. The lowest BCUT2D eigenvalue weighted by atomic mass is 10.2. The molecule has 7 nitrogen and oxygen atoms in total. The van der Waals surface area contributed by atoms with Crippen molar-refractivity contribution in [1.29, 1.82) is 0 Å². The number of aromatic nitrogens is 2. The van der Waals surface area contributed by atoms with Gasteiger partial charge in [0.2, 0.25) is 0 Å². The number of anilines is 1. The van der Waals surface area contributed by atoms with Crippen LogP contribution in [0.4, 0.5) is 5.00 Å². The zero-order valence-electron chi connectivity index (χ0n) is 13.0. The summed E-state index contributed by atoms with van der Waals surface area (Å²) in [6, 6.07) is 1.75. The highest BCUT2D eigenvalue weighted by molar-refractivity contribution is 7.16. The molecule has 0 fully saturated rings. The summed E-state index contributed by atoms with van der Waals surface area (Å²) in [5, 5.41) is 3.20. The van der Waals surface area contributed by atoms with Crippen molar-refractivity contribution in [1.82, 2.24) is 9.97 Å². The van der Waals surface area contributed by atoms with Crippen molar-refractivity contribution in [2.45, 2.75) is 26.9 Å². The fourth-order valence-corrected chi connectivity index (χ4v) is 2.85. The first-order valence-electron chi connectivity index (χ1n) is 7.29. The molecule has 1 amide bonds. The van der Waals surface area contributed by atoms with Crippen LogP contribution in [0.1, 0.15) is 34.9 Å². The molecular formula is C15H19N3O4S. The Balaban J connectivity index is 1.93. The number of imidazole rings is 1. The van der Waals surface area contributed by atoms with E-state index in [1.54, 1.807) is 25.4 Å². The van der Waals surface area contributed by atoms with Crippen LogP contribution in [0.15, 0.2) is 18.5 Å². The van der Waals surface area contributed by atoms with Crippen LogP contribution < -0.4 is 5.32 Å². The minimum Gasteiger partial charge on any atom is -0.462 e. The molecule has 0 aliphatic carbocycles. The zero-order valence-corrected chi connectivity index (χ0v) is 13.9. The average molecular weight is 337 g/mol. The topological polar surface area (TPSA) is 93.3 Å². The van der Waals surface area contributed by atoms with E-state index in [0.29, 0.717) is 16.4 Å². The summed E-state index contributed by atoms with van der Waals surface area (Å²) >= 11 is 1.37. The molecule has 0 aliphatic heterocycles. The first-order valence-corrected chi connectivity index (χ1v) is 8.11. The molecular weight excluding hydrogens is 318 g/mol. The number of ether oxygens (including phenoxy) is 2. The third kappa shape index (κ3) is 4.90. The monoisotopic (exact) mass is 337 g/mol. The van der Waals surface area contributed by atoms with Crippen LogP contribution in [0, 0.1) is 0 Å². The van der Waals surface area contributed by atoms with E-state index < -0.39 is 5.97 Å². The number of esters is 1.